The van der Waals surface area contributed by atoms with Crippen LogP contribution in [0.4, 0.5) is 4.79 Å². The Labute approximate surface area is 136 Å². The number of aromatic nitrogens is 2. The molecular formula is C15H25N5O3. The Morgan fingerprint density at radius 2 is 2.13 bits per heavy atom. The lowest BCUT2D eigenvalue weighted by molar-refractivity contribution is -0.129. The van der Waals surface area contributed by atoms with Crippen LogP contribution in [0, 0.1) is 6.92 Å². The normalized spacial score (nSPS) is 17.9. The van der Waals surface area contributed by atoms with E-state index in [2.05, 4.69) is 15.5 Å². The molecule has 0 unspecified atom stereocenters. The molecule has 0 aliphatic carbocycles. The second-order valence-electron chi connectivity index (χ2n) is 5.69. The third-order valence-electron chi connectivity index (χ3n) is 4.11. The van der Waals surface area contributed by atoms with E-state index in [4.69, 9.17) is 4.52 Å². The smallest absolute Gasteiger partial charge is 0.317 e. The molecule has 8 heteroatoms. The number of urea groups is 1. The zero-order valence-electron chi connectivity index (χ0n) is 14.0. The predicted octanol–water partition coefficient (Wildman–Crippen LogP) is 1.14. The Morgan fingerprint density at radius 1 is 1.39 bits per heavy atom. The number of likely N-dealkylation sites (N-methyl/N-ethyl adjacent to an activating group) is 1. The van der Waals surface area contributed by atoms with Crippen LogP contribution < -0.4 is 5.32 Å². The molecule has 0 spiro atoms. The van der Waals surface area contributed by atoms with Gasteiger partial charge in [0, 0.05) is 26.2 Å². The van der Waals surface area contributed by atoms with Gasteiger partial charge in [-0.15, -0.1) is 0 Å². The van der Waals surface area contributed by atoms with Crippen LogP contribution in [0.2, 0.25) is 0 Å². The van der Waals surface area contributed by atoms with Crippen molar-refractivity contribution in [3.8, 4) is 0 Å². The van der Waals surface area contributed by atoms with Crippen LogP contribution in [-0.4, -0.2) is 64.6 Å². The Bertz CT molecular complexity index is 541. The van der Waals surface area contributed by atoms with Crippen molar-refractivity contribution in [1.29, 1.82) is 0 Å². The molecule has 0 radical (unpaired) electrons. The van der Waals surface area contributed by atoms with Gasteiger partial charge in [0.25, 0.3) is 0 Å². The molecule has 1 aliphatic rings. The number of nitrogens with one attached hydrogen (secondary N) is 1. The summed E-state index contributed by atoms with van der Waals surface area (Å²) >= 11 is 0. The second kappa shape index (κ2) is 7.94. The number of rotatable bonds is 5. The molecule has 0 saturated carbocycles. The van der Waals surface area contributed by atoms with Crippen molar-refractivity contribution < 1.29 is 14.1 Å². The minimum absolute atomic E-state index is 0.0291. The van der Waals surface area contributed by atoms with Crippen LogP contribution in [0.5, 0.6) is 0 Å². The summed E-state index contributed by atoms with van der Waals surface area (Å²) in [6.07, 6.45) is 1.80. The fraction of sp³-hybridized carbons (Fsp3) is 0.733. The number of nitrogens with zero attached hydrogens (tertiary/aromatic N) is 4. The van der Waals surface area contributed by atoms with Gasteiger partial charge in [0.2, 0.25) is 11.8 Å². The molecule has 0 aromatic carbocycles. The van der Waals surface area contributed by atoms with Crippen LogP contribution in [0.15, 0.2) is 4.52 Å². The van der Waals surface area contributed by atoms with Gasteiger partial charge in [-0.1, -0.05) is 5.16 Å². The second-order valence-corrected chi connectivity index (χ2v) is 5.69. The highest BCUT2D eigenvalue weighted by atomic mass is 16.5. The first-order valence-electron chi connectivity index (χ1n) is 8.15. The van der Waals surface area contributed by atoms with Crippen LogP contribution in [0.1, 0.15) is 44.3 Å². The van der Waals surface area contributed by atoms with Crippen molar-refractivity contribution in [3.05, 3.63) is 11.7 Å². The molecule has 128 valence electrons. The molecule has 1 aromatic rings. The number of aryl methyl sites for hydroxylation is 1. The summed E-state index contributed by atoms with van der Waals surface area (Å²) in [5.74, 6) is 1.18. The van der Waals surface area contributed by atoms with E-state index in [1.165, 1.54) is 0 Å². The van der Waals surface area contributed by atoms with Crippen LogP contribution >= 0.6 is 0 Å². The highest BCUT2D eigenvalue weighted by Crippen LogP contribution is 2.25. The zero-order valence-corrected chi connectivity index (χ0v) is 14.0. The van der Waals surface area contributed by atoms with Gasteiger partial charge in [0.1, 0.15) is 0 Å². The lowest BCUT2D eigenvalue weighted by atomic mass is 9.98. The van der Waals surface area contributed by atoms with E-state index in [1.54, 1.807) is 16.7 Å². The number of amides is 3. The van der Waals surface area contributed by atoms with E-state index in [0.29, 0.717) is 37.9 Å². The highest BCUT2D eigenvalue weighted by molar-refractivity contribution is 5.84. The molecule has 0 bridgehead atoms. The lowest BCUT2D eigenvalue weighted by Gasteiger charge is -2.31. The maximum atomic E-state index is 12.3. The van der Waals surface area contributed by atoms with Crippen LogP contribution in [-0.2, 0) is 4.79 Å². The van der Waals surface area contributed by atoms with Gasteiger partial charge in [-0.05, 0) is 33.6 Å². The van der Waals surface area contributed by atoms with Gasteiger partial charge >= 0.3 is 6.03 Å². The molecule has 2 rings (SSSR count). The minimum atomic E-state index is -0.216. The number of piperidine rings is 1. The Morgan fingerprint density at radius 3 is 2.74 bits per heavy atom. The fourth-order valence-corrected chi connectivity index (χ4v) is 2.79. The number of hydrogen-bond acceptors (Lipinski definition) is 5. The Kier molecular flexibility index (Phi) is 5.95. The Hall–Kier alpha value is -2.12. The molecule has 1 N–H and O–H groups in total. The van der Waals surface area contributed by atoms with E-state index in [0.717, 1.165) is 12.8 Å². The third kappa shape index (κ3) is 4.43. The molecule has 3 amide bonds. The Balaban J connectivity index is 1.86. The van der Waals surface area contributed by atoms with Crippen molar-refractivity contribution in [2.24, 2.45) is 0 Å². The lowest BCUT2D eigenvalue weighted by Crippen LogP contribution is -2.48. The molecule has 2 heterocycles. The average molecular weight is 323 g/mol. The van der Waals surface area contributed by atoms with Crippen molar-refractivity contribution in [2.45, 2.75) is 39.5 Å². The summed E-state index contributed by atoms with van der Waals surface area (Å²) in [5.41, 5.74) is 0. The largest absolute Gasteiger partial charge is 0.342 e. The molecule has 1 saturated heterocycles. The highest BCUT2D eigenvalue weighted by Gasteiger charge is 2.28. The summed E-state index contributed by atoms with van der Waals surface area (Å²) in [6.45, 7) is 8.15. The van der Waals surface area contributed by atoms with Crippen LogP contribution in [0.25, 0.3) is 0 Å². The van der Waals surface area contributed by atoms with Crippen LogP contribution in [0.3, 0.4) is 0 Å². The van der Waals surface area contributed by atoms with Gasteiger partial charge in [-0.2, -0.15) is 4.98 Å². The molecule has 1 aliphatic heterocycles. The number of likely N-dealkylation sites (tertiary alicyclic amines) is 1. The summed E-state index contributed by atoms with van der Waals surface area (Å²) in [4.78, 5) is 31.9. The number of hydrogen-bond donors (Lipinski definition) is 1. The minimum Gasteiger partial charge on any atom is -0.342 e. The molecule has 1 atom stereocenters. The molecule has 1 fully saturated rings. The van der Waals surface area contributed by atoms with Crippen molar-refractivity contribution in [1.82, 2.24) is 25.3 Å². The fourth-order valence-electron chi connectivity index (χ4n) is 2.79. The van der Waals surface area contributed by atoms with Gasteiger partial charge in [0.05, 0.1) is 12.5 Å². The van der Waals surface area contributed by atoms with Gasteiger partial charge in [-0.25, -0.2) is 4.79 Å². The quantitative estimate of drug-likeness (QED) is 0.877. The maximum Gasteiger partial charge on any atom is 0.317 e. The summed E-state index contributed by atoms with van der Waals surface area (Å²) in [7, 11) is 0. The molecule has 1 aromatic heterocycles. The van der Waals surface area contributed by atoms with E-state index in [-0.39, 0.29) is 24.4 Å². The standard InChI is InChI=1S/C15H25N5O3/c1-4-19(5-2)13(21)9-16-15(22)20-8-6-7-12(10-20)14-17-11(3)18-23-14/h12H,4-10H2,1-3H3,(H,16,22)/t12-/m1/s1. The first-order chi connectivity index (χ1) is 11.0. The molecule has 23 heavy (non-hydrogen) atoms. The van der Waals surface area contributed by atoms with Crippen molar-refractivity contribution >= 4 is 11.9 Å². The van der Waals surface area contributed by atoms with E-state index < -0.39 is 0 Å². The maximum absolute atomic E-state index is 12.3. The number of carbonyl (C=O) groups excluding carboxylic acids is 2. The van der Waals surface area contributed by atoms with Gasteiger partial charge in [-0.3, -0.25) is 4.79 Å². The van der Waals surface area contributed by atoms with E-state index >= 15 is 0 Å². The topological polar surface area (TPSA) is 91.6 Å². The number of carbonyl (C=O) groups is 2. The van der Waals surface area contributed by atoms with Crippen molar-refractivity contribution in [3.63, 3.8) is 0 Å². The van der Waals surface area contributed by atoms with Gasteiger partial charge in [0.15, 0.2) is 5.82 Å². The first-order valence-corrected chi connectivity index (χ1v) is 8.15. The third-order valence-corrected chi connectivity index (χ3v) is 4.11. The van der Waals surface area contributed by atoms with E-state index in [1.807, 2.05) is 13.8 Å². The average Bonchev–Trinajstić information content (AvgIpc) is 3.00. The van der Waals surface area contributed by atoms with Crippen molar-refractivity contribution in [2.75, 3.05) is 32.7 Å². The predicted molar refractivity (Wildman–Crippen MR) is 83.9 cm³/mol. The van der Waals surface area contributed by atoms with E-state index in [9.17, 15) is 9.59 Å². The molecule has 8 nitrogen and oxygen atoms in total. The summed E-state index contributed by atoms with van der Waals surface area (Å²) < 4.78 is 5.21. The summed E-state index contributed by atoms with van der Waals surface area (Å²) in [5, 5.41) is 6.51. The SMILES string of the molecule is CCN(CC)C(=O)CNC(=O)N1CCC[C@@H](c2nc(C)no2)C1. The monoisotopic (exact) mass is 323 g/mol. The summed E-state index contributed by atoms with van der Waals surface area (Å²) in [6, 6.07) is -0.216. The zero-order chi connectivity index (χ0) is 16.8. The van der Waals surface area contributed by atoms with Gasteiger partial charge < -0.3 is 19.6 Å². The first kappa shape index (κ1) is 17.2. The molecular weight excluding hydrogens is 298 g/mol.